The summed E-state index contributed by atoms with van der Waals surface area (Å²) in [6.45, 7) is 3.37. The van der Waals surface area contributed by atoms with E-state index in [1.165, 1.54) is 11.8 Å². The Morgan fingerprint density at radius 2 is 1.73 bits per heavy atom. The van der Waals surface area contributed by atoms with Crippen LogP contribution in [0.4, 0.5) is 5.82 Å². The van der Waals surface area contributed by atoms with Gasteiger partial charge in [0.05, 0.1) is 18.3 Å². The molecule has 4 aromatic rings. The highest BCUT2D eigenvalue weighted by molar-refractivity contribution is 7.98. The van der Waals surface area contributed by atoms with Crippen LogP contribution in [0.3, 0.4) is 0 Å². The van der Waals surface area contributed by atoms with Gasteiger partial charge in [0, 0.05) is 37.3 Å². The van der Waals surface area contributed by atoms with Crippen molar-refractivity contribution in [1.29, 1.82) is 0 Å². The fraction of sp³-hybridized carbons (Fsp3) is 0.250. The molecule has 0 bridgehead atoms. The van der Waals surface area contributed by atoms with E-state index >= 15 is 0 Å². The van der Waals surface area contributed by atoms with E-state index in [4.69, 9.17) is 5.73 Å². The van der Waals surface area contributed by atoms with Gasteiger partial charge in [0.2, 0.25) is 0 Å². The predicted molar refractivity (Wildman–Crippen MR) is 130 cm³/mol. The zero-order chi connectivity index (χ0) is 22.8. The fourth-order valence-corrected chi connectivity index (χ4v) is 4.69. The smallest absolute Gasteiger partial charge is 0.272 e. The van der Waals surface area contributed by atoms with Crippen LogP contribution in [0.25, 0.3) is 16.6 Å². The zero-order valence-electron chi connectivity index (χ0n) is 18.4. The number of hydrogen-bond donors (Lipinski definition) is 1. The quantitative estimate of drug-likeness (QED) is 0.459. The number of nitrogens with zero attached hydrogens (tertiary/aromatic N) is 6. The van der Waals surface area contributed by atoms with E-state index in [0.717, 1.165) is 34.8 Å². The lowest BCUT2D eigenvalue weighted by molar-refractivity contribution is 0.0617. The Morgan fingerprint density at radius 1 is 1.00 bits per heavy atom. The number of fused-ring (bicyclic) bond motifs is 1. The van der Waals surface area contributed by atoms with E-state index in [9.17, 15) is 4.79 Å². The van der Waals surface area contributed by atoms with E-state index in [-0.39, 0.29) is 5.91 Å². The number of anilines is 1. The Labute approximate surface area is 196 Å². The first-order valence-electron chi connectivity index (χ1n) is 10.8. The Bertz CT molecular complexity index is 1280. The molecule has 2 N–H and O–H groups in total. The Balaban J connectivity index is 1.28. The topological polar surface area (TPSA) is 93.2 Å². The van der Waals surface area contributed by atoms with E-state index in [1.54, 1.807) is 6.20 Å². The highest BCUT2D eigenvalue weighted by atomic mass is 32.2. The molecule has 1 aliphatic heterocycles. The standard InChI is InChI=1S/C24H25N7OS/c1-33-24-26-15-20(31(24)17-7-3-2-4-8-17)23(32)30-13-11-29(12-14-30)16-21-27-19-10-6-5-9-18(19)22(25)28-21/h2-10,15H,11-14,16H2,1H3,(H2,25,27,28). The summed E-state index contributed by atoms with van der Waals surface area (Å²) >= 11 is 1.53. The van der Waals surface area contributed by atoms with Crippen LogP contribution in [0.15, 0.2) is 66.0 Å². The third-order valence-corrected chi connectivity index (χ3v) is 6.50. The van der Waals surface area contributed by atoms with E-state index in [1.807, 2.05) is 70.3 Å². The van der Waals surface area contributed by atoms with Crippen molar-refractivity contribution in [2.45, 2.75) is 11.7 Å². The summed E-state index contributed by atoms with van der Waals surface area (Å²) in [5.74, 6) is 1.21. The minimum Gasteiger partial charge on any atom is -0.383 e. The summed E-state index contributed by atoms with van der Waals surface area (Å²) in [6.07, 6.45) is 3.65. The zero-order valence-corrected chi connectivity index (χ0v) is 19.2. The number of benzene rings is 2. The number of para-hydroxylation sites is 2. The van der Waals surface area contributed by atoms with Crippen LogP contribution in [-0.4, -0.2) is 67.7 Å². The van der Waals surface area contributed by atoms with Gasteiger partial charge in [-0.15, -0.1) is 0 Å². The van der Waals surface area contributed by atoms with Crippen LogP contribution in [0.5, 0.6) is 0 Å². The highest BCUT2D eigenvalue weighted by Gasteiger charge is 2.26. The molecule has 0 aliphatic carbocycles. The molecule has 0 unspecified atom stereocenters. The van der Waals surface area contributed by atoms with Crippen molar-refractivity contribution in [3.63, 3.8) is 0 Å². The number of aromatic nitrogens is 4. The second kappa shape index (κ2) is 9.21. The van der Waals surface area contributed by atoms with Gasteiger partial charge in [-0.25, -0.2) is 15.0 Å². The average molecular weight is 460 g/mol. The van der Waals surface area contributed by atoms with Gasteiger partial charge in [0.1, 0.15) is 17.3 Å². The number of piperazine rings is 1. The molecule has 1 saturated heterocycles. The van der Waals surface area contributed by atoms with Gasteiger partial charge in [0.25, 0.3) is 5.91 Å². The molecule has 33 heavy (non-hydrogen) atoms. The molecule has 1 fully saturated rings. The van der Waals surface area contributed by atoms with Gasteiger partial charge in [0.15, 0.2) is 5.16 Å². The predicted octanol–water partition coefficient (Wildman–Crippen LogP) is 3.08. The normalized spacial score (nSPS) is 14.6. The summed E-state index contributed by atoms with van der Waals surface area (Å²) in [6, 6.07) is 17.6. The SMILES string of the molecule is CSc1ncc(C(=O)N2CCN(Cc3nc(N)c4ccccc4n3)CC2)n1-c1ccccc1. The van der Waals surface area contributed by atoms with Gasteiger partial charge < -0.3 is 10.6 Å². The van der Waals surface area contributed by atoms with Gasteiger partial charge in [-0.3, -0.25) is 14.3 Å². The maximum Gasteiger partial charge on any atom is 0.272 e. The molecule has 0 spiro atoms. The van der Waals surface area contributed by atoms with Crippen molar-refractivity contribution in [2.24, 2.45) is 0 Å². The van der Waals surface area contributed by atoms with Crippen molar-refractivity contribution < 1.29 is 4.79 Å². The van der Waals surface area contributed by atoms with E-state index in [2.05, 4.69) is 19.9 Å². The first-order valence-corrected chi connectivity index (χ1v) is 12.1. The van der Waals surface area contributed by atoms with Gasteiger partial charge in [-0.1, -0.05) is 42.1 Å². The lowest BCUT2D eigenvalue weighted by atomic mass is 10.2. The first kappa shape index (κ1) is 21.4. The molecule has 0 saturated carbocycles. The molecule has 0 radical (unpaired) electrons. The summed E-state index contributed by atoms with van der Waals surface area (Å²) in [4.78, 5) is 31.1. The lowest BCUT2D eigenvalue weighted by Gasteiger charge is -2.34. The number of nitrogen functional groups attached to an aromatic ring is 1. The van der Waals surface area contributed by atoms with Gasteiger partial charge >= 0.3 is 0 Å². The summed E-state index contributed by atoms with van der Waals surface area (Å²) in [7, 11) is 0. The molecule has 168 valence electrons. The molecule has 2 aromatic heterocycles. The fourth-order valence-electron chi connectivity index (χ4n) is 4.15. The number of carbonyl (C=O) groups excluding carboxylic acids is 1. The number of imidazole rings is 1. The molecule has 8 nitrogen and oxygen atoms in total. The van der Waals surface area contributed by atoms with Crippen LogP contribution in [0, 0.1) is 0 Å². The summed E-state index contributed by atoms with van der Waals surface area (Å²) in [5, 5.41) is 1.67. The molecule has 3 heterocycles. The molecular formula is C24H25N7OS. The summed E-state index contributed by atoms with van der Waals surface area (Å²) in [5.41, 5.74) is 8.51. The lowest BCUT2D eigenvalue weighted by Crippen LogP contribution is -2.48. The van der Waals surface area contributed by atoms with Crippen LogP contribution in [0.1, 0.15) is 16.3 Å². The Kier molecular flexibility index (Phi) is 5.97. The van der Waals surface area contributed by atoms with Crippen LogP contribution in [0.2, 0.25) is 0 Å². The number of nitrogens with two attached hydrogens (primary N) is 1. The number of thioether (sulfide) groups is 1. The Hall–Kier alpha value is -3.43. The highest BCUT2D eigenvalue weighted by Crippen LogP contribution is 2.23. The number of hydrogen-bond acceptors (Lipinski definition) is 7. The van der Waals surface area contributed by atoms with E-state index in [0.29, 0.717) is 37.0 Å². The Morgan fingerprint density at radius 3 is 2.48 bits per heavy atom. The summed E-state index contributed by atoms with van der Waals surface area (Å²) < 4.78 is 1.94. The largest absolute Gasteiger partial charge is 0.383 e. The van der Waals surface area contributed by atoms with Crippen molar-refractivity contribution >= 4 is 34.4 Å². The molecule has 9 heteroatoms. The van der Waals surface area contributed by atoms with Crippen molar-refractivity contribution in [3.05, 3.63) is 72.3 Å². The molecular weight excluding hydrogens is 434 g/mol. The van der Waals surface area contributed by atoms with Gasteiger partial charge in [-0.2, -0.15) is 0 Å². The van der Waals surface area contributed by atoms with E-state index < -0.39 is 0 Å². The van der Waals surface area contributed by atoms with Gasteiger partial charge in [-0.05, 0) is 30.5 Å². The van der Waals surface area contributed by atoms with Crippen molar-refractivity contribution in [3.8, 4) is 5.69 Å². The first-order chi connectivity index (χ1) is 16.1. The molecule has 1 amide bonds. The average Bonchev–Trinajstić information content (AvgIpc) is 3.29. The maximum atomic E-state index is 13.4. The minimum atomic E-state index is -0.00231. The van der Waals surface area contributed by atoms with Crippen molar-refractivity contribution in [2.75, 3.05) is 38.2 Å². The minimum absolute atomic E-state index is 0.00231. The second-order valence-corrected chi connectivity index (χ2v) is 8.69. The molecule has 2 aromatic carbocycles. The number of carbonyl (C=O) groups is 1. The second-order valence-electron chi connectivity index (χ2n) is 7.91. The maximum absolute atomic E-state index is 13.4. The van der Waals surface area contributed by atoms with Crippen LogP contribution in [-0.2, 0) is 6.54 Å². The number of amides is 1. The monoisotopic (exact) mass is 459 g/mol. The van der Waals surface area contributed by atoms with Crippen molar-refractivity contribution in [1.82, 2.24) is 29.3 Å². The molecule has 5 rings (SSSR count). The molecule has 0 atom stereocenters. The third kappa shape index (κ3) is 4.29. The third-order valence-electron chi connectivity index (χ3n) is 5.85. The van der Waals surface area contributed by atoms with Crippen LogP contribution < -0.4 is 5.73 Å². The molecule has 1 aliphatic rings. The van der Waals surface area contributed by atoms with Crippen LogP contribution >= 0.6 is 11.8 Å². The number of rotatable bonds is 5.